The van der Waals surface area contributed by atoms with E-state index in [-0.39, 0.29) is 84.4 Å². The fraction of sp³-hybridized carbons (Fsp3) is 0.211. The number of halogens is 2. The van der Waals surface area contributed by atoms with Gasteiger partial charge in [-0.1, -0.05) is 85.7 Å². The Kier molecular flexibility index (Phi) is 15.9. The van der Waals surface area contributed by atoms with Gasteiger partial charge in [-0.15, -0.1) is 20.5 Å². The molecular formula is C38H32Cl2N8NiO6-2. The number of hydrogen-bond acceptors (Lipinski definition) is 14. The van der Waals surface area contributed by atoms with Gasteiger partial charge >= 0.3 is 11.9 Å². The first-order valence-electron chi connectivity index (χ1n) is 16.8. The number of unbranched alkanes of at least 4 members (excludes halogenated alkanes) is 2. The molecule has 4 heterocycles. The molecule has 0 bridgehead atoms. The largest absolute Gasteiger partial charge is 0.872 e. The maximum Gasteiger partial charge on any atom is 0.341 e. The third-order valence-corrected chi connectivity index (χ3v) is 8.05. The maximum absolute atomic E-state index is 12.2. The van der Waals surface area contributed by atoms with Crippen molar-refractivity contribution in [2.45, 2.75) is 39.5 Å². The van der Waals surface area contributed by atoms with Crippen LogP contribution in [0.4, 0.5) is 23.0 Å². The molecule has 17 heteroatoms. The Balaban J connectivity index is 0.000000240. The van der Waals surface area contributed by atoms with Crippen molar-refractivity contribution < 1.29 is 45.8 Å². The number of esters is 2. The van der Waals surface area contributed by atoms with Crippen LogP contribution in [0.5, 0.6) is 11.5 Å². The van der Waals surface area contributed by atoms with Gasteiger partial charge in [0.2, 0.25) is 0 Å². The first-order valence-corrected chi connectivity index (χ1v) is 17.6. The van der Waals surface area contributed by atoms with Crippen LogP contribution in [0, 0.1) is 0 Å². The Morgan fingerprint density at radius 2 is 1.05 bits per heavy atom. The second kappa shape index (κ2) is 20.7. The summed E-state index contributed by atoms with van der Waals surface area (Å²) in [5.41, 5.74) is 1.33. The molecule has 6 aromatic rings. The van der Waals surface area contributed by atoms with E-state index in [1.54, 1.807) is 48.8 Å². The van der Waals surface area contributed by atoms with E-state index in [4.69, 9.17) is 32.7 Å². The zero-order valence-electron chi connectivity index (χ0n) is 29.4. The first kappa shape index (κ1) is 42.1. The van der Waals surface area contributed by atoms with E-state index in [0.717, 1.165) is 25.7 Å². The standard InChI is InChI=1S/2C19H17ClN4O3.Ni/c2*1-2-3-10-27-19(26)13-11-12-15(25)8-7-14(17(12)22-18(13)20)23-24-16-6-4-5-9-21-16;/h2*4-9,11,25H,2-3,10H2,1H3;/p-2. The van der Waals surface area contributed by atoms with Crippen molar-refractivity contribution in [1.29, 1.82) is 0 Å². The molecule has 4 aromatic heterocycles. The predicted octanol–water partition coefficient (Wildman–Crippen LogP) is 9.46. The Morgan fingerprint density at radius 1 is 0.636 bits per heavy atom. The summed E-state index contributed by atoms with van der Waals surface area (Å²) in [5.74, 6) is -0.981. The summed E-state index contributed by atoms with van der Waals surface area (Å²) in [5, 5.41) is 41.1. The van der Waals surface area contributed by atoms with Crippen LogP contribution in [0.2, 0.25) is 10.3 Å². The molecule has 14 nitrogen and oxygen atoms in total. The molecule has 6 rings (SSSR count). The van der Waals surface area contributed by atoms with E-state index in [1.165, 1.54) is 36.4 Å². The minimum Gasteiger partial charge on any atom is -0.872 e. The van der Waals surface area contributed by atoms with Crippen molar-refractivity contribution in [1.82, 2.24) is 19.9 Å². The first-order chi connectivity index (χ1) is 26.2. The minimum atomic E-state index is -0.609. The number of ether oxygens (including phenoxy) is 2. The summed E-state index contributed by atoms with van der Waals surface area (Å²) in [7, 11) is 0. The molecule has 0 N–H and O–H groups in total. The number of nitrogens with zero attached hydrogens (tertiary/aromatic N) is 8. The average molecular weight is 826 g/mol. The van der Waals surface area contributed by atoms with Crippen molar-refractivity contribution in [3.8, 4) is 11.5 Å². The summed E-state index contributed by atoms with van der Waals surface area (Å²) in [6, 6.07) is 19.0. The summed E-state index contributed by atoms with van der Waals surface area (Å²) in [4.78, 5) is 40.9. The van der Waals surface area contributed by atoms with Gasteiger partial charge in [-0.2, -0.15) is 0 Å². The number of carbonyl (C=O) groups excluding carboxylic acids is 2. The van der Waals surface area contributed by atoms with Crippen molar-refractivity contribution in [2.75, 3.05) is 13.2 Å². The fourth-order valence-electron chi connectivity index (χ4n) is 4.65. The number of pyridine rings is 4. The molecule has 0 amide bonds. The summed E-state index contributed by atoms with van der Waals surface area (Å²) >= 11 is 12.3. The molecule has 0 spiro atoms. The molecule has 2 aromatic carbocycles. The average Bonchev–Trinajstić information content (AvgIpc) is 3.18. The molecular weight excluding hydrogens is 794 g/mol. The normalized spacial score (nSPS) is 11.0. The Labute approximate surface area is 335 Å². The third-order valence-electron chi connectivity index (χ3n) is 7.47. The quantitative estimate of drug-likeness (QED) is 0.0376. The molecule has 0 atom stereocenters. The number of fused-ring (bicyclic) bond motifs is 2. The van der Waals surface area contributed by atoms with Gasteiger partial charge in [0.1, 0.15) is 21.7 Å². The van der Waals surface area contributed by atoms with Crippen molar-refractivity contribution >= 4 is 80.0 Å². The van der Waals surface area contributed by atoms with Crippen molar-refractivity contribution in [2.24, 2.45) is 20.5 Å². The zero-order chi connectivity index (χ0) is 38.5. The topological polar surface area (TPSA) is 200 Å². The van der Waals surface area contributed by atoms with Gasteiger partial charge in [-0.25, -0.2) is 29.5 Å². The van der Waals surface area contributed by atoms with Gasteiger partial charge in [0.25, 0.3) is 0 Å². The van der Waals surface area contributed by atoms with E-state index in [1.807, 2.05) is 13.8 Å². The van der Waals surface area contributed by atoms with E-state index in [2.05, 4.69) is 40.4 Å². The minimum absolute atomic E-state index is 0. The molecule has 0 aliphatic heterocycles. The number of azo groups is 2. The van der Waals surface area contributed by atoms with Crippen LogP contribution in [0.25, 0.3) is 21.8 Å². The van der Waals surface area contributed by atoms with Gasteiger partial charge in [0.15, 0.2) is 11.6 Å². The van der Waals surface area contributed by atoms with Crippen LogP contribution >= 0.6 is 23.2 Å². The van der Waals surface area contributed by atoms with Gasteiger partial charge in [-0.05, 0) is 72.1 Å². The maximum atomic E-state index is 12.2. The SMILES string of the molecule is CCCCOC(=O)c1cc2c([O-])ccc(N=Nc3ccccn3)c2nc1Cl.CCCCOC(=O)c1cc2c([O-])ccc(N=Nc3ccccn3)c2nc1Cl.[Ni]. The van der Waals surface area contributed by atoms with E-state index < -0.39 is 11.9 Å². The van der Waals surface area contributed by atoms with E-state index in [9.17, 15) is 19.8 Å². The second-order valence-electron chi connectivity index (χ2n) is 11.4. The molecule has 0 saturated heterocycles. The molecule has 0 unspecified atom stereocenters. The third kappa shape index (κ3) is 11.2. The van der Waals surface area contributed by atoms with Crippen molar-refractivity contribution in [3.05, 3.63) is 107 Å². The van der Waals surface area contributed by atoms with Crippen LogP contribution in [0.1, 0.15) is 60.2 Å². The Morgan fingerprint density at radius 3 is 1.42 bits per heavy atom. The van der Waals surface area contributed by atoms with E-state index >= 15 is 0 Å². The van der Waals surface area contributed by atoms with Gasteiger partial charge < -0.3 is 19.7 Å². The molecule has 0 radical (unpaired) electrons. The monoisotopic (exact) mass is 824 g/mol. The van der Waals surface area contributed by atoms with Crippen LogP contribution in [0.3, 0.4) is 0 Å². The van der Waals surface area contributed by atoms with Gasteiger partial charge in [0.05, 0.1) is 35.4 Å². The molecule has 0 saturated carbocycles. The van der Waals surface area contributed by atoms with Crippen LogP contribution in [0.15, 0.2) is 106 Å². The zero-order valence-corrected chi connectivity index (χ0v) is 31.9. The predicted molar refractivity (Wildman–Crippen MR) is 200 cm³/mol. The van der Waals surface area contributed by atoms with E-state index in [0.29, 0.717) is 23.0 Å². The molecule has 0 aliphatic carbocycles. The molecule has 55 heavy (non-hydrogen) atoms. The van der Waals surface area contributed by atoms with Gasteiger partial charge in [0, 0.05) is 28.9 Å². The molecule has 0 aliphatic rings. The second-order valence-corrected chi connectivity index (χ2v) is 12.1. The Hall–Kier alpha value is -5.63. The van der Waals surface area contributed by atoms with Crippen LogP contribution in [-0.2, 0) is 26.0 Å². The number of carbonyl (C=O) groups is 2. The summed E-state index contributed by atoms with van der Waals surface area (Å²) < 4.78 is 10.3. The number of benzene rings is 2. The Bertz CT molecular complexity index is 2160. The molecule has 0 fully saturated rings. The smallest absolute Gasteiger partial charge is 0.341 e. The van der Waals surface area contributed by atoms with Crippen molar-refractivity contribution in [3.63, 3.8) is 0 Å². The number of rotatable bonds is 12. The summed E-state index contributed by atoms with van der Waals surface area (Å²) in [6.07, 6.45) is 6.47. The van der Waals surface area contributed by atoms with Gasteiger partial charge in [-0.3, -0.25) is 0 Å². The fourth-order valence-corrected chi connectivity index (χ4v) is 5.08. The molecule has 286 valence electrons. The summed E-state index contributed by atoms with van der Waals surface area (Å²) in [6.45, 7) is 4.55. The number of aromatic nitrogens is 4. The van der Waals surface area contributed by atoms with Crippen LogP contribution < -0.4 is 10.2 Å². The van der Waals surface area contributed by atoms with Crippen LogP contribution in [-0.4, -0.2) is 45.1 Å². The number of hydrogen-bond donors (Lipinski definition) is 0.